The van der Waals surface area contributed by atoms with Crippen LogP contribution in [0, 0.1) is 6.92 Å². The molecular formula is C17H17BrCl2N2O2. The third-order valence-electron chi connectivity index (χ3n) is 3.42. The number of halogens is 3. The van der Waals surface area contributed by atoms with Crippen molar-refractivity contribution in [3.8, 4) is 5.75 Å². The summed E-state index contributed by atoms with van der Waals surface area (Å²) in [4.78, 5) is 18.2. The summed E-state index contributed by atoms with van der Waals surface area (Å²) < 4.78 is 6.52. The van der Waals surface area contributed by atoms with Crippen molar-refractivity contribution in [2.24, 2.45) is 0 Å². The van der Waals surface area contributed by atoms with Crippen LogP contribution in [-0.2, 0) is 0 Å². The van der Waals surface area contributed by atoms with Crippen molar-refractivity contribution in [3.05, 3.63) is 56.2 Å². The molecule has 0 N–H and O–H groups in total. The van der Waals surface area contributed by atoms with Gasteiger partial charge in [-0.1, -0.05) is 23.2 Å². The number of carbonyl (C=O) groups excluding carboxylic acids is 1. The summed E-state index contributed by atoms with van der Waals surface area (Å²) in [7, 11) is 0. The summed E-state index contributed by atoms with van der Waals surface area (Å²) >= 11 is 15.4. The maximum atomic E-state index is 12.5. The van der Waals surface area contributed by atoms with Crippen LogP contribution in [0.1, 0.15) is 22.8 Å². The molecule has 0 aliphatic rings. The van der Waals surface area contributed by atoms with Crippen molar-refractivity contribution < 1.29 is 9.53 Å². The van der Waals surface area contributed by atoms with Gasteiger partial charge in [0.1, 0.15) is 12.4 Å². The molecule has 0 bridgehead atoms. The lowest BCUT2D eigenvalue weighted by atomic mass is 10.2. The zero-order chi connectivity index (χ0) is 17.7. The predicted octanol–water partition coefficient (Wildman–Crippen LogP) is 5.00. The number of aryl methyl sites for hydroxylation is 1. The first-order valence-electron chi connectivity index (χ1n) is 7.40. The minimum Gasteiger partial charge on any atom is -0.490 e. The highest BCUT2D eigenvalue weighted by Gasteiger charge is 2.15. The van der Waals surface area contributed by atoms with Crippen LogP contribution in [0.4, 0.5) is 0 Å². The summed E-state index contributed by atoms with van der Waals surface area (Å²) in [6, 6.07) is 5.18. The molecule has 2 aromatic rings. The van der Waals surface area contributed by atoms with E-state index in [9.17, 15) is 4.79 Å². The van der Waals surface area contributed by atoms with Crippen LogP contribution in [0.25, 0.3) is 0 Å². The van der Waals surface area contributed by atoms with Crippen molar-refractivity contribution in [1.29, 1.82) is 0 Å². The summed E-state index contributed by atoms with van der Waals surface area (Å²) in [6.45, 7) is 5.15. The number of carbonyl (C=O) groups is 1. The molecule has 1 aromatic carbocycles. The van der Waals surface area contributed by atoms with E-state index in [1.807, 2.05) is 13.8 Å². The minimum absolute atomic E-state index is 0.0891. The Morgan fingerprint density at radius 2 is 2.04 bits per heavy atom. The number of ether oxygens (including phenoxy) is 1. The number of aromatic nitrogens is 1. The van der Waals surface area contributed by atoms with Gasteiger partial charge in [0.15, 0.2) is 0 Å². The molecule has 0 radical (unpaired) electrons. The van der Waals surface area contributed by atoms with Crippen LogP contribution in [-0.4, -0.2) is 35.5 Å². The molecule has 4 nitrogen and oxygen atoms in total. The lowest BCUT2D eigenvalue weighted by molar-refractivity contribution is 0.0739. The predicted molar refractivity (Wildman–Crippen MR) is 100 cm³/mol. The Hall–Kier alpha value is -1.30. The molecule has 0 unspecified atom stereocenters. The fraction of sp³-hybridized carbons (Fsp3) is 0.294. The molecule has 0 saturated heterocycles. The van der Waals surface area contributed by atoms with Gasteiger partial charge in [-0.05, 0) is 53.5 Å². The van der Waals surface area contributed by atoms with E-state index in [-0.39, 0.29) is 5.91 Å². The van der Waals surface area contributed by atoms with Crippen molar-refractivity contribution in [2.45, 2.75) is 13.8 Å². The second-order valence-electron chi connectivity index (χ2n) is 5.16. The van der Waals surface area contributed by atoms with Gasteiger partial charge in [-0.3, -0.25) is 9.78 Å². The van der Waals surface area contributed by atoms with E-state index in [0.29, 0.717) is 41.1 Å². The average molecular weight is 432 g/mol. The zero-order valence-corrected chi connectivity index (χ0v) is 16.5. The Labute approximate surface area is 159 Å². The summed E-state index contributed by atoms with van der Waals surface area (Å²) in [5.41, 5.74) is 1.39. The Balaban J connectivity index is 2.01. The second-order valence-corrected chi connectivity index (χ2v) is 6.92. The number of amides is 1. The zero-order valence-electron chi connectivity index (χ0n) is 13.4. The number of likely N-dealkylation sites (N-methyl/N-ethyl adjacent to an activating group) is 1. The molecule has 7 heteroatoms. The minimum atomic E-state index is -0.0891. The number of hydrogen-bond acceptors (Lipinski definition) is 3. The van der Waals surface area contributed by atoms with E-state index >= 15 is 0 Å². The van der Waals surface area contributed by atoms with Gasteiger partial charge < -0.3 is 9.64 Å². The van der Waals surface area contributed by atoms with Gasteiger partial charge in [-0.25, -0.2) is 0 Å². The SMILES string of the molecule is CCN(CCOc1c(C)cc(Cl)cc1Cl)C(=O)c1cncc(Br)c1. The van der Waals surface area contributed by atoms with Crippen LogP contribution in [0.15, 0.2) is 35.1 Å². The molecule has 0 saturated carbocycles. The monoisotopic (exact) mass is 430 g/mol. The van der Waals surface area contributed by atoms with Crippen molar-refractivity contribution in [2.75, 3.05) is 19.7 Å². The van der Waals surface area contributed by atoms with Crippen molar-refractivity contribution >= 4 is 45.0 Å². The molecule has 0 aliphatic carbocycles. The van der Waals surface area contributed by atoms with Gasteiger partial charge >= 0.3 is 0 Å². The van der Waals surface area contributed by atoms with Crippen LogP contribution in [0.2, 0.25) is 10.0 Å². The maximum Gasteiger partial charge on any atom is 0.255 e. The molecule has 24 heavy (non-hydrogen) atoms. The number of nitrogens with zero attached hydrogens (tertiary/aromatic N) is 2. The Bertz CT molecular complexity index is 717. The molecule has 0 fully saturated rings. The smallest absolute Gasteiger partial charge is 0.255 e. The van der Waals surface area contributed by atoms with Gasteiger partial charge in [0.05, 0.1) is 17.1 Å². The third kappa shape index (κ3) is 4.85. The lowest BCUT2D eigenvalue weighted by Gasteiger charge is -2.21. The first kappa shape index (κ1) is 19.0. The van der Waals surface area contributed by atoms with Crippen LogP contribution in [0.5, 0.6) is 5.75 Å². The van der Waals surface area contributed by atoms with E-state index in [4.69, 9.17) is 27.9 Å². The molecule has 1 aromatic heterocycles. The van der Waals surface area contributed by atoms with E-state index in [2.05, 4.69) is 20.9 Å². The van der Waals surface area contributed by atoms with Crippen LogP contribution in [0.3, 0.4) is 0 Å². The molecule has 128 valence electrons. The largest absolute Gasteiger partial charge is 0.490 e. The van der Waals surface area contributed by atoms with Gasteiger partial charge in [-0.2, -0.15) is 0 Å². The van der Waals surface area contributed by atoms with Gasteiger partial charge in [0.25, 0.3) is 5.91 Å². The fourth-order valence-corrected chi connectivity index (χ4v) is 3.26. The summed E-state index contributed by atoms with van der Waals surface area (Å²) in [6.07, 6.45) is 3.19. The molecule has 0 atom stereocenters. The van der Waals surface area contributed by atoms with E-state index in [0.717, 1.165) is 10.0 Å². The Morgan fingerprint density at radius 3 is 2.67 bits per heavy atom. The quantitative estimate of drug-likeness (QED) is 0.646. The fourth-order valence-electron chi connectivity index (χ4n) is 2.24. The van der Waals surface area contributed by atoms with Crippen LogP contribution >= 0.6 is 39.1 Å². The highest BCUT2D eigenvalue weighted by atomic mass is 79.9. The van der Waals surface area contributed by atoms with Crippen molar-refractivity contribution in [1.82, 2.24) is 9.88 Å². The van der Waals surface area contributed by atoms with Gasteiger partial charge in [0.2, 0.25) is 0 Å². The van der Waals surface area contributed by atoms with E-state index < -0.39 is 0 Å². The van der Waals surface area contributed by atoms with Crippen LogP contribution < -0.4 is 4.74 Å². The first-order chi connectivity index (χ1) is 11.4. The van der Waals surface area contributed by atoms with Gasteiger partial charge in [-0.15, -0.1) is 0 Å². The molecule has 0 spiro atoms. The molecule has 0 aliphatic heterocycles. The standard InChI is InChI=1S/C17H17BrCl2N2O2/c1-3-22(17(23)12-7-13(18)10-21-9-12)4-5-24-16-11(2)6-14(19)8-15(16)20/h6-10H,3-5H2,1-2H3. The number of pyridine rings is 1. The number of rotatable bonds is 6. The highest BCUT2D eigenvalue weighted by molar-refractivity contribution is 9.10. The topological polar surface area (TPSA) is 42.4 Å². The lowest BCUT2D eigenvalue weighted by Crippen LogP contribution is -2.34. The van der Waals surface area contributed by atoms with E-state index in [1.54, 1.807) is 35.5 Å². The third-order valence-corrected chi connectivity index (χ3v) is 4.36. The summed E-state index contributed by atoms with van der Waals surface area (Å²) in [5.74, 6) is 0.502. The molecule has 1 heterocycles. The highest BCUT2D eigenvalue weighted by Crippen LogP contribution is 2.31. The number of benzene rings is 1. The summed E-state index contributed by atoms with van der Waals surface area (Å²) in [5, 5.41) is 1.03. The Morgan fingerprint density at radius 1 is 1.29 bits per heavy atom. The molecular weight excluding hydrogens is 415 g/mol. The first-order valence-corrected chi connectivity index (χ1v) is 8.95. The average Bonchev–Trinajstić information content (AvgIpc) is 2.53. The molecule has 2 rings (SSSR count). The van der Waals surface area contributed by atoms with E-state index in [1.165, 1.54) is 0 Å². The molecule has 1 amide bonds. The van der Waals surface area contributed by atoms with Gasteiger partial charge in [0, 0.05) is 28.4 Å². The Kier molecular flexibility index (Phi) is 6.90. The van der Waals surface area contributed by atoms with Crippen molar-refractivity contribution in [3.63, 3.8) is 0 Å². The maximum absolute atomic E-state index is 12.5. The normalized spacial score (nSPS) is 10.5. The second kappa shape index (κ2) is 8.70. The number of hydrogen-bond donors (Lipinski definition) is 0.